The maximum atomic E-state index is 9.83. The second kappa shape index (κ2) is 20.6. The van der Waals surface area contributed by atoms with Gasteiger partial charge in [-0.3, -0.25) is 0 Å². The molecule has 2 fully saturated rings. The summed E-state index contributed by atoms with van der Waals surface area (Å²) in [6.45, 7) is -4.91. The van der Waals surface area contributed by atoms with E-state index in [9.17, 15) is 61.3 Å². The van der Waals surface area contributed by atoms with Crippen LogP contribution >= 0.6 is 0 Å². The molecule has 2 aliphatic rings. The Kier molecular flexibility index (Phi) is 19.3. The van der Waals surface area contributed by atoms with Crippen molar-refractivity contribution in [2.45, 2.75) is 110 Å². The number of aliphatic hydroxyl groups is 18. The van der Waals surface area contributed by atoms with Crippen LogP contribution in [0, 0.1) is 0 Å². The van der Waals surface area contributed by atoms with Gasteiger partial charge >= 0.3 is 0 Å². The Balaban J connectivity index is 0.000000460. The van der Waals surface area contributed by atoms with Crippen LogP contribution in [0.25, 0.3) is 0 Å². The van der Waals surface area contributed by atoms with Gasteiger partial charge in [-0.1, -0.05) is 0 Å². The van der Waals surface area contributed by atoms with Gasteiger partial charge in [0.15, 0.2) is 12.6 Å². The standard InChI is InChI=1S/2C12H24O11/c2*13-1-4(16)7(18)11(5(17)2-14)23-12-10(21)9(20)8(19)6(3-15)22-12/h2*4-21H,1-3H2/t2*4-,5+,6+,7+,8+,9-,10+,11+,12+/m00/s1. The fourth-order valence-electron chi connectivity index (χ4n) is 4.33. The van der Waals surface area contributed by atoms with Crippen LogP contribution in [0.1, 0.15) is 0 Å². The summed E-state index contributed by atoms with van der Waals surface area (Å²) in [5.74, 6) is 0. The minimum absolute atomic E-state index is 0.708. The number of aliphatic hydroxyl groups excluding tert-OH is 18. The molecule has 0 radical (unpaired) electrons. The summed E-state index contributed by atoms with van der Waals surface area (Å²) in [7, 11) is 0. The van der Waals surface area contributed by atoms with Gasteiger partial charge in [-0.05, 0) is 0 Å². The largest absolute Gasteiger partial charge is 0.394 e. The number of hydrogen-bond donors (Lipinski definition) is 18. The second-order valence-corrected chi connectivity index (χ2v) is 10.6. The predicted octanol–water partition coefficient (Wildman–Crippen LogP) is -11.5. The van der Waals surface area contributed by atoms with E-state index in [2.05, 4.69) is 0 Å². The van der Waals surface area contributed by atoms with Crippen LogP contribution in [0.3, 0.4) is 0 Å². The van der Waals surface area contributed by atoms with Crippen molar-refractivity contribution in [2.24, 2.45) is 0 Å². The van der Waals surface area contributed by atoms with E-state index in [0.29, 0.717) is 0 Å². The first-order valence-corrected chi connectivity index (χ1v) is 14.0. The summed E-state index contributed by atoms with van der Waals surface area (Å²) in [4.78, 5) is 0. The van der Waals surface area contributed by atoms with E-state index in [4.69, 9.17) is 49.6 Å². The Hall–Kier alpha value is -0.880. The molecule has 0 aliphatic carbocycles. The molecule has 2 rings (SSSR count). The molecule has 46 heavy (non-hydrogen) atoms. The molecular weight excluding hydrogens is 640 g/mol. The van der Waals surface area contributed by atoms with Gasteiger partial charge in [0, 0.05) is 0 Å². The normalized spacial score (nSPS) is 37.2. The maximum Gasteiger partial charge on any atom is 0.187 e. The highest BCUT2D eigenvalue weighted by Gasteiger charge is 2.48. The van der Waals surface area contributed by atoms with Crippen molar-refractivity contribution in [2.75, 3.05) is 39.6 Å². The highest BCUT2D eigenvalue weighted by molar-refractivity contribution is 4.92. The van der Waals surface area contributed by atoms with Crippen LogP contribution in [0.2, 0.25) is 0 Å². The Bertz CT molecular complexity index is 746. The second-order valence-electron chi connectivity index (χ2n) is 10.6. The van der Waals surface area contributed by atoms with Crippen molar-refractivity contribution in [1.82, 2.24) is 0 Å². The van der Waals surface area contributed by atoms with Crippen LogP contribution in [0.5, 0.6) is 0 Å². The Morgan fingerprint density at radius 1 is 0.413 bits per heavy atom. The summed E-state index contributed by atoms with van der Waals surface area (Å²) in [6, 6.07) is 0. The smallest absolute Gasteiger partial charge is 0.187 e. The fourth-order valence-corrected chi connectivity index (χ4v) is 4.33. The molecular formula is C24H48O22. The summed E-state index contributed by atoms with van der Waals surface area (Å²) in [6.07, 6.45) is -30.2. The third-order valence-electron chi connectivity index (χ3n) is 7.25. The molecule has 2 heterocycles. The third-order valence-corrected chi connectivity index (χ3v) is 7.25. The molecule has 0 amide bonds. The van der Waals surface area contributed by atoms with Gasteiger partial charge in [0.25, 0.3) is 0 Å². The van der Waals surface area contributed by atoms with Gasteiger partial charge in [-0.15, -0.1) is 0 Å². The quantitative estimate of drug-likeness (QED) is 0.0715. The topological polar surface area (TPSA) is 401 Å². The first kappa shape index (κ1) is 43.1. The Morgan fingerprint density at radius 2 is 0.696 bits per heavy atom. The predicted molar refractivity (Wildman–Crippen MR) is 142 cm³/mol. The van der Waals surface area contributed by atoms with Crippen molar-refractivity contribution < 1.29 is 111 Å². The lowest BCUT2D eigenvalue weighted by Gasteiger charge is -2.42. The molecule has 22 nitrogen and oxygen atoms in total. The van der Waals surface area contributed by atoms with E-state index < -0.39 is 150 Å². The van der Waals surface area contributed by atoms with E-state index >= 15 is 0 Å². The zero-order valence-electron chi connectivity index (χ0n) is 24.3. The molecule has 0 aromatic rings. The molecule has 2 aliphatic heterocycles. The number of rotatable bonds is 16. The summed E-state index contributed by atoms with van der Waals surface area (Å²) in [5, 5.41) is 170. The molecule has 0 aromatic carbocycles. The van der Waals surface area contributed by atoms with Crippen LogP contribution < -0.4 is 0 Å². The number of hydrogen-bond acceptors (Lipinski definition) is 22. The van der Waals surface area contributed by atoms with Crippen molar-refractivity contribution in [3.8, 4) is 0 Å². The Morgan fingerprint density at radius 3 is 0.935 bits per heavy atom. The van der Waals surface area contributed by atoms with Crippen LogP contribution in [0.15, 0.2) is 0 Å². The lowest BCUT2D eigenvalue weighted by Crippen LogP contribution is -2.61. The monoisotopic (exact) mass is 688 g/mol. The molecule has 2 saturated heterocycles. The highest BCUT2D eigenvalue weighted by Crippen LogP contribution is 2.26. The zero-order chi connectivity index (χ0) is 35.5. The SMILES string of the molecule is OC[C@@H](O)[C@@H](O[C@H]1O[C@H](CO)[C@@H](O)[C@H](O)[C@H]1O)[C@H](O)[C@@H](O)CO.OC[C@@H](O)[C@@H](O[C@H]1O[C@H](CO)[C@@H](O)[C@H](O)[C@H]1O)[C@H](O)[C@@H](O)CO. The number of ether oxygens (including phenoxy) is 4. The highest BCUT2D eigenvalue weighted by atomic mass is 16.7. The maximum absolute atomic E-state index is 9.83. The lowest BCUT2D eigenvalue weighted by molar-refractivity contribution is -0.327. The van der Waals surface area contributed by atoms with E-state index in [1.54, 1.807) is 0 Å². The zero-order valence-corrected chi connectivity index (χ0v) is 24.3. The van der Waals surface area contributed by atoms with E-state index in [0.717, 1.165) is 0 Å². The first-order chi connectivity index (χ1) is 21.6. The van der Waals surface area contributed by atoms with Crippen LogP contribution in [0.4, 0.5) is 0 Å². The summed E-state index contributed by atoms with van der Waals surface area (Å²) in [5.41, 5.74) is 0. The van der Waals surface area contributed by atoms with Crippen LogP contribution in [-0.2, 0) is 18.9 Å². The first-order valence-electron chi connectivity index (χ1n) is 14.0. The minimum Gasteiger partial charge on any atom is -0.394 e. The average molecular weight is 689 g/mol. The van der Waals surface area contributed by atoms with Crippen molar-refractivity contribution in [3.05, 3.63) is 0 Å². The summed E-state index contributed by atoms with van der Waals surface area (Å²) >= 11 is 0. The molecule has 0 saturated carbocycles. The fraction of sp³-hybridized carbons (Fsp3) is 1.00. The average Bonchev–Trinajstić information content (AvgIpc) is 3.07. The van der Waals surface area contributed by atoms with Crippen molar-refractivity contribution in [1.29, 1.82) is 0 Å². The molecule has 0 spiro atoms. The van der Waals surface area contributed by atoms with Crippen molar-refractivity contribution >= 4 is 0 Å². The lowest BCUT2D eigenvalue weighted by atomic mass is 9.98. The van der Waals surface area contributed by atoms with Gasteiger partial charge in [0.1, 0.15) is 97.7 Å². The van der Waals surface area contributed by atoms with E-state index in [1.165, 1.54) is 0 Å². The van der Waals surface area contributed by atoms with Gasteiger partial charge in [0.2, 0.25) is 0 Å². The van der Waals surface area contributed by atoms with Gasteiger partial charge in [0.05, 0.1) is 39.6 Å². The molecule has 0 unspecified atom stereocenters. The van der Waals surface area contributed by atoms with Gasteiger partial charge in [-0.25, -0.2) is 0 Å². The minimum atomic E-state index is -1.85. The van der Waals surface area contributed by atoms with Crippen LogP contribution in [-0.4, -0.2) is 242 Å². The van der Waals surface area contributed by atoms with Crippen molar-refractivity contribution in [3.63, 3.8) is 0 Å². The molecule has 276 valence electrons. The molecule has 18 N–H and O–H groups in total. The molecule has 22 heteroatoms. The molecule has 18 atom stereocenters. The third kappa shape index (κ3) is 11.1. The van der Waals surface area contributed by atoms with Gasteiger partial charge < -0.3 is 111 Å². The summed E-state index contributed by atoms with van der Waals surface area (Å²) < 4.78 is 20.3. The molecule has 0 aromatic heterocycles. The molecule has 0 bridgehead atoms. The van der Waals surface area contributed by atoms with E-state index in [-0.39, 0.29) is 0 Å². The van der Waals surface area contributed by atoms with E-state index in [1.807, 2.05) is 0 Å². The van der Waals surface area contributed by atoms with Gasteiger partial charge in [-0.2, -0.15) is 0 Å². The Labute approximate surface area is 261 Å².